The van der Waals surface area contributed by atoms with Crippen LogP contribution in [0, 0.1) is 6.92 Å². The van der Waals surface area contributed by atoms with E-state index in [1.807, 2.05) is 12.1 Å². The number of furan rings is 1. The van der Waals surface area contributed by atoms with Crippen molar-refractivity contribution in [1.29, 1.82) is 0 Å². The van der Waals surface area contributed by atoms with Gasteiger partial charge in [0.1, 0.15) is 11.1 Å². The van der Waals surface area contributed by atoms with Crippen LogP contribution in [0.2, 0.25) is 0 Å². The standard InChI is InChI=1S/C22H19N2O/c1-14-12-13-16-15-8-4-7-11-19(15)25-21(16)20(14)22-23(2)17-9-5-6-10-18(17)24(22)3/h4-13H,1-3H3/q+1. The number of imidazole rings is 1. The maximum atomic E-state index is 6.30. The molecule has 0 amide bonds. The highest BCUT2D eigenvalue weighted by Gasteiger charge is 2.26. The van der Waals surface area contributed by atoms with E-state index in [2.05, 4.69) is 78.7 Å². The molecule has 3 heteroatoms. The lowest BCUT2D eigenvalue weighted by atomic mass is 10.0. The molecule has 0 aliphatic heterocycles. The SMILES string of the molecule is Cc1ccc2c(oc3ccccc32)c1-c1n(C)c2ccccc2[n+]1C. The third-order valence-electron chi connectivity index (χ3n) is 5.22. The summed E-state index contributed by atoms with van der Waals surface area (Å²) in [5.74, 6) is 1.16. The van der Waals surface area contributed by atoms with Gasteiger partial charge in [-0.25, -0.2) is 9.13 Å². The zero-order chi connectivity index (χ0) is 17.1. The molecule has 0 bridgehead atoms. The Hall–Kier alpha value is -3.07. The highest BCUT2D eigenvalue weighted by atomic mass is 16.3. The summed E-state index contributed by atoms with van der Waals surface area (Å²) in [7, 11) is 4.25. The van der Waals surface area contributed by atoms with Crippen LogP contribution >= 0.6 is 0 Å². The van der Waals surface area contributed by atoms with Crippen molar-refractivity contribution in [3.8, 4) is 11.4 Å². The molecule has 25 heavy (non-hydrogen) atoms. The Labute approximate surface area is 145 Å². The maximum absolute atomic E-state index is 6.30. The third-order valence-corrected chi connectivity index (χ3v) is 5.22. The van der Waals surface area contributed by atoms with Crippen molar-refractivity contribution in [3.05, 3.63) is 66.2 Å². The van der Waals surface area contributed by atoms with Gasteiger partial charge in [-0.15, -0.1) is 0 Å². The van der Waals surface area contributed by atoms with Crippen LogP contribution in [-0.2, 0) is 14.1 Å². The first kappa shape index (κ1) is 14.3. The Kier molecular flexibility index (Phi) is 2.84. The Morgan fingerprint density at radius 2 is 1.64 bits per heavy atom. The number of rotatable bonds is 1. The second kappa shape index (κ2) is 4.96. The van der Waals surface area contributed by atoms with E-state index in [1.165, 1.54) is 27.4 Å². The first-order valence-corrected chi connectivity index (χ1v) is 8.51. The van der Waals surface area contributed by atoms with Crippen LogP contribution in [0.3, 0.4) is 0 Å². The van der Waals surface area contributed by atoms with Crippen LogP contribution in [0.15, 0.2) is 65.1 Å². The summed E-state index contributed by atoms with van der Waals surface area (Å²) in [6, 6.07) is 21.1. The summed E-state index contributed by atoms with van der Waals surface area (Å²) in [5, 5.41) is 2.33. The number of para-hydroxylation sites is 3. The van der Waals surface area contributed by atoms with E-state index in [9.17, 15) is 0 Å². The molecule has 3 nitrogen and oxygen atoms in total. The predicted octanol–water partition coefficient (Wildman–Crippen LogP) is 4.88. The predicted molar refractivity (Wildman–Crippen MR) is 102 cm³/mol. The van der Waals surface area contributed by atoms with Gasteiger partial charge in [-0.3, -0.25) is 0 Å². The van der Waals surface area contributed by atoms with Gasteiger partial charge in [0.15, 0.2) is 16.6 Å². The van der Waals surface area contributed by atoms with Crippen molar-refractivity contribution in [2.45, 2.75) is 6.92 Å². The molecule has 0 radical (unpaired) electrons. The van der Waals surface area contributed by atoms with Crippen LogP contribution < -0.4 is 4.57 Å². The van der Waals surface area contributed by atoms with Gasteiger partial charge in [0.2, 0.25) is 0 Å². The number of nitrogens with zero attached hydrogens (tertiary/aromatic N) is 2. The van der Waals surface area contributed by atoms with Gasteiger partial charge in [-0.1, -0.05) is 42.5 Å². The Morgan fingerprint density at radius 3 is 2.48 bits per heavy atom. The van der Waals surface area contributed by atoms with Crippen LogP contribution in [0.4, 0.5) is 0 Å². The number of fused-ring (bicyclic) bond motifs is 4. The van der Waals surface area contributed by atoms with Crippen molar-refractivity contribution < 1.29 is 8.98 Å². The number of hydrogen-bond donors (Lipinski definition) is 0. The van der Waals surface area contributed by atoms with Gasteiger partial charge in [0.05, 0.1) is 14.1 Å². The minimum Gasteiger partial charge on any atom is -0.455 e. The second-order valence-electron chi connectivity index (χ2n) is 6.66. The monoisotopic (exact) mass is 327 g/mol. The zero-order valence-corrected chi connectivity index (χ0v) is 14.6. The highest BCUT2D eigenvalue weighted by Crippen LogP contribution is 2.37. The second-order valence-corrected chi connectivity index (χ2v) is 6.66. The fourth-order valence-corrected chi connectivity index (χ4v) is 3.99. The summed E-state index contributed by atoms with van der Waals surface area (Å²) in [5.41, 5.74) is 6.71. The quantitative estimate of drug-likeness (QED) is 0.402. The van der Waals surface area contributed by atoms with Gasteiger partial charge < -0.3 is 4.42 Å². The van der Waals surface area contributed by atoms with E-state index < -0.39 is 0 Å². The zero-order valence-electron chi connectivity index (χ0n) is 14.6. The number of benzene rings is 3. The summed E-state index contributed by atoms with van der Waals surface area (Å²) in [6.45, 7) is 2.15. The summed E-state index contributed by atoms with van der Waals surface area (Å²) >= 11 is 0. The molecule has 2 aromatic heterocycles. The number of aryl methyl sites for hydroxylation is 3. The van der Waals surface area contributed by atoms with E-state index in [1.54, 1.807) is 0 Å². The van der Waals surface area contributed by atoms with Crippen LogP contribution in [0.25, 0.3) is 44.4 Å². The Balaban J connectivity index is 1.98. The Morgan fingerprint density at radius 1 is 0.880 bits per heavy atom. The molecule has 0 saturated heterocycles. The smallest absolute Gasteiger partial charge is 0.293 e. The van der Waals surface area contributed by atoms with Crippen molar-refractivity contribution in [1.82, 2.24) is 4.57 Å². The number of hydrogen-bond acceptors (Lipinski definition) is 1. The molecule has 5 aromatic rings. The molecule has 5 rings (SSSR count). The molecule has 2 heterocycles. The van der Waals surface area contributed by atoms with Crippen molar-refractivity contribution in [2.75, 3.05) is 0 Å². The summed E-state index contributed by atoms with van der Waals surface area (Å²) < 4.78 is 10.8. The highest BCUT2D eigenvalue weighted by molar-refractivity contribution is 6.09. The molecule has 0 fully saturated rings. The normalized spacial score (nSPS) is 11.8. The fourth-order valence-electron chi connectivity index (χ4n) is 3.99. The van der Waals surface area contributed by atoms with E-state index in [4.69, 9.17) is 4.42 Å². The van der Waals surface area contributed by atoms with Crippen molar-refractivity contribution >= 4 is 33.0 Å². The van der Waals surface area contributed by atoms with Crippen LogP contribution in [0.1, 0.15) is 5.56 Å². The van der Waals surface area contributed by atoms with Gasteiger partial charge in [-0.05, 0) is 30.7 Å². The first-order chi connectivity index (χ1) is 12.2. The lowest BCUT2D eigenvalue weighted by Crippen LogP contribution is -2.30. The number of aromatic nitrogens is 2. The van der Waals surface area contributed by atoms with E-state index in [0.29, 0.717) is 0 Å². The van der Waals surface area contributed by atoms with Crippen molar-refractivity contribution in [2.24, 2.45) is 14.1 Å². The molecular formula is C22H19N2O+. The topological polar surface area (TPSA) is 21.9 Å². The van der Waals surface area contributed by atoms with Gasteiger partial charge in [0.25, 0.3) is 5.82 Å². The third kappa shape index (κ3) is 1.84. The molecule has 0 unspecified atom stereocenters. The lowest BCUT2D eigenvalue weighted by Gasteiger charge is -2.04. The van der Waals surface area contributed by atoms with Gasteiger partial charge in [-0.2, -0.15) is 0 Å². The molecule has 122 valence electrons. The van der Waals surface area contributed by atoms with Crippen LogP contribution in [0.5, 0.6) is 0 Å². The van der Waals surface area contributed by atoms with E-state index in [0.717, 1.165) is 22.6 Å². The van der Waals surface area contributed by atoms with Gasteiger partial charge in [0, 0.05) is 10.8 Å². The summed E-state index contributed by atoms with van der Waals surface area (Å²) in [4.78, 5) is 0. The molecule has 0 atom stereocenters. The van der Waals surface area contributed by atoms with Crippen molar-refractivity contribution in [3.63, 3.8) is 0 Å². The summed E-state index contributed by atoms with van der Waals surface area (Å²) in [6.07, 6.45) is 0. The first-order valence-electron chi connectivity index (χ1n) is 8.51. The largest absolute Gasteiger partial charge is 0.455 e. The minimum atomic E-state index is 0.936. The lowest BCUT2D eigenvalue weighted by molar-refractivity contribution is -0.634. The minimum absolute atomic E-state index is 0.936. The molecule has 0 saturated carbocycles. The average Bonchev–Trinajstić information content (AvgIpc) is 3.12. The van der Waals surface area contributed by atoms with E-state index in [-0.39, 0.29) is 0 Å². The average molecular weight is 327 g/mol. The molecule has 0 spiro atoms. The molecule has 3 aromatic carbocycles. The molecule has 0 aliphatic carbocycles. The Bertz CT molecular complexity index is 1230. The van der Waals surface area contributed by atoms with Crippen LogP contribution in [-0.4, -0.2) is 4.57 Å². The maximum Gasteiger partial charge on any atom is 0.293 e. The fraction of sp³-hybridized carbons (Fsp3) is 0.136. The molecule has 0 N–H and O–H groups in total. The molecule has 0 aliphatic rings. The van der Waals surface area contributed by atoms with E-state index >= 15 is 0 Å². The molecular weight excluding hydrogens is 308 g/mol. The van der Waals surface area contributed by atoms with Gasteiger partial charge >= 0.3 is 0 Å².